The molecule has 256 valence electrons. The molecule has 0 spiro atoms. The highest BCUT2D eigenvalue weighted by atomic mass is 16.6. The van der Waals surface area contributed by atoms with Gasteiger partial charge in [-0.05, 0) is 44.4 Å². The quantitative estimate of drug-likeness (QED) is 0.0347. The standard InChI is InChI=1S/C38H68O6/c1-4-5-6-7-8-9-10-11-12-15-18-21-24-28-35(40)29-26-31-37(41)43-33-36(32-39)44-38(42)30-25-22-19-16-13-14-17-20-23-27-34(2)3/h11-12,18,21,24,28,34-36,39-40H,4-10,13-17,19-20,22-23,25-27,29-33H2,1-3H3/b12-11+,21-18+,28-24+/t35?,36-/m0/s1. The Labute approximate surface area is 270 Å². The maximum Gasteiger partial charge on any atom is 0.306 e. The van der Waals surface area contributed by atoms with Crippen LogP contribution in [0.3, 0.4) is 0 Å². The zero-order valence-electron chi connectivity index (χ0n) is 28.7. The number of ether oxygens (including phenoxy) is 2. The predicted molar refractivity (Wildman–Crippen MR) is 183 cm³/mol. The number of aliphatic hydroxyl groups excluding tert-OH is 2. The number of hydrogen-bond donors (Lipinski definition) is 2. The lowest BCUT2D eigenvalue weighted by Gasteiger charge is -2.16. The van der Waals surface area contributed by atoms with Crippen molar-refractivity contribution in [2.24, 2.45) is 5.92 Å². The molecule has 0 amide bonds. The van der Waals surface area contributed by atoms with Crippen LogP contribution in [-0.2, 0) is 19.1 Å². The minimum atomic E-state index is -0.840. The average molecular weight is 621 g/mol. The first kappa shape index (κ1) is 42.1. The third-order valence-electron chi connectivity index (χ3n) is 7.72. The van der Waals surface area contributed by atoms with Crippen LogP contribution < -0.4 is 0 Å². The summed E-state index contributed by atoms with van der Waals surface area (Å²) in [6, 6.07) is 0. The number of allylic oxidation sites excluding steroid dienone is 5. The Hall–Kier alpha value is -1.92. The second-order valence-corrected chi connectivity index (χ2v) is 12.6. The fraction of sp³-hybridized carbons (Fsp3) is 0.789. The molecule has 0 aliphatic heterocycles. The highest BCUT2D eigenvalue weighted by molar-refractivity contribution is 5.70. The third kappa shape index (κ3) is 31.5. The summed E-state index contributed by atoms with van der Waals surface area (Å²) in [6.45, 7) is 6.26. The van der Waals surface area contributed by atoms with Gasteiger partial charge in [0.1, 0.15) is 6.61 Å². The Morgan fingerprint density at radius 2 is 1.30 bits per heavy atom. The molecular weight excluding hydrogens is 552 g/mol. The molecule has 0 fully saturated rings. The van der Waals surface area contributed by atoms with Gasteiger partial charge in [0.2, 0.25) is 0 Å². The van der Waals surface area contributed by atoms with Crippen LogP contribution in [0.2, 0.25) is 0 Å². The van der Waals surface area contributed by atoms with E-state index < -0.39 is 18.2 Å². The van der Waals surface area contributed by atoms with Crippen molar-refractivity contribution >= 4 is 11.9 Å². The summed E-state index contributed by atoms with van der Waals surface area (Å²) in [4.78, 5) is 24.2. The van der Waals surface area contributed by atoms with E-state index in [0.29, 0.717) is 19.3 Å². The molecule has 2 N–H and O–H groups in total. The third-order valence-corrected chi connectivity index (χ3v) is 7.72. The van der Waals surface area contributed by atoms with Crippen LogP contribution in [0.5, 0.6) is 0 Å². The van der Waals surface area contributed by atoms with Crippen LogP contribution in [-0.4, -0.2) is 47.6 Å². The molecule has 0 aromatic carbocycles. The van der Waals surface area contributed by atoms with Gasteiger partial charge in [-0.25, -0.2) is 0 Å². The van der Waals surface area contributed by atoms with E-state index in [1.54, 1.807) is 6.08 Å². The van der Waals surface area contributed by atoms with E-state index in [4.69, 9.17) is 9.47 Å². The lowest BCUT2D eigenvalue weighted by atomic mass is 10.0. The molecular formula is C38H68O6. The van der Waals surface area contributed by atoms with Gasteiger partial charge >= 0.3 is 11.9 Å². The Kier molecular flexibility index (Phi) is 31.1. The van der Waals surface area contributed by atoms with Crippen molar-refractivity contribution in [2.75, 3.05) is 13.2 Å². The normalized spacial score (nSPS) is 13.4. The van der Waals surface area contributed by atoms with Crippen molar-refractivity contribution in [3.63, 3.8) is 0 Å². The molecule has 0 heterocycles. The fourth-order valence-electron chi connectivity index (χ4n) is 4.92. The number of unbranched alkanes of at least 4 members (excludes halogenated alkanes) is 14. The summed E-state index contributed by atoms with van der Waals surface area (Å²) < 4.78 is 10.5. The van der Waals surface area contributed by atoms with E-state index in [2.05, 4.69) is 39.0 Å². The maximum atomic E-state index is 12.1. The van der Waals surface area contributed by atoms with Crippen molar-refractivity contribution in [3.8, 4) is 0 Å². The van der Waals surface area contributed by atoms with Crippen LogP contribution in [0, 0.1) is 5.92 Å². The minimum Gasteiger partial charge on any atom is -0.462 e. The SMILES string of the molecule is CCCCCCCC/C=C/C/C=C/C=C/C(O)CCCC(=O)OC[C@H](CO)OC(=O)CCCCCCCCCCCC(C)C. The van der Waals surface area contributed by atoms with Crippen molar-refractivity contribution in [1.29, 1.82) is 0 Å². The molecule has 0 aliphatic rings. The zero-order chi connectivity index (χ0) is 32.5. The topological polar surface area (TPSA) is 93.1 Å². The predicted octanol–water partition coefficient (Wildman–Crippen LogP) is 9.72. The maximum absolute atomic E-state index is 12.1. The van der Waals surface area contributed by atoms with Crippen LogP contribution in [0.4, 0.5) is 0 Å². The van der Waals surface area contributed by atoms with Gasteiger partial charge in [-0.3, -0.25) is 9.59 Å². The molecule has 0 radical (unpaired) electrons. The number of aliphatic hydroxyl groups is 2. The highest BCUT2D eigenvalue weighted by Crippen LogP contribution is 2.14. The van der Waals surface area contributed by atoms with Gasteiger partial charge < -0.3 is 19.7 Å². The number of esters is 2. The first-order valence-corrected chi connectivity index (χ1v) is 18.0. The number of carbonyl (C=O) groups is 2. The average Bonchev–Trinajstić information content (AvgIpc) is 3.00. The van der Waals surface area contributed by atoms with Crippen LogP contribution in [0.25, 0.3) is 0 Å². The van der Waals surface area contributed by atoms with E-state index >= 15 is 0 Å². The summed E-state index contributed by atoms with van der Waals surface area (Å²) >= 11 is 0. The molecule has 0 saturated carbocycles. The zero-order valence-corrected chi connectivity index (χ0v) is 28.7. The summed E-state index contributed by atoms with van der Waals surface area (Å²) in [5, 5.41) is 19.6. The molecule has 0 aromatic rings. The van der Waals surface area contributed by atoms with Crippen molar-refractivity contribution < 1.29 is 29.3 Å². The molecule has 0 saturated heterocycles. The van der Waals surface area contributed by atoms with Crippen LogP contribution >= 0.6 is 0 Å². The minimum absolute atomic E-state index is 0.154. The van der Waals surface area contributed by atoms with Gasteiger partial charge in [0, 0.05) is 12.8 Å². The molecule has 0 rings (SSSR count). The molecule has 0 aromatic heterocycles. The van der Waals surface area contributed by atoms with Gasteiger partial charge in [-0.2, -0.15) is 0 Å². The molecule has 0 bridgehead atoms. The van der Waals surface area contributed by atoms with Gasteiger partial charge in [-0.15, -0.1) is 0 Å². The van der Waals surface area contributed by atoms with Gasteiger partial charge in [0.25, 0.3) is 0 Å². The van der Waals surface area contributed by atoms with Gasteiger partial charge in [0.15, 0.2) is 6.10 Å². The monoisotopic (exact) mass is 621 g/mol. The van der Waals surface area contributed by atoms with Crippen molar-refractivity contribution in [2.45, 2.75) is 174 Å². The van der Waals surface area contributed by atoms with E-state index in [9.17, 15) is 19.8 Å². The Morgan fingerprint density at radius 1 is 0.682 bits per heavy atom. The largest absolute Gasteiger partial charge is 0.462 e. The fourth-order valence-corrected chi connectivity index (χ4v) is 4.92. The second kappa shape index (κ2) is 32.5. The summed E-state index contributed by atoms with van der Waals surface area (Å²) in [5.74, 6) is 0.0141. The molecule has 6 nitrogen and oxygen atoms in total. The van der Waals surface area contributed by atoms with E-state index in [1.807, 2.05) is 12.2 Å². The molecule has 1 unspecified atom stereocenters. The number of hydrogen-bond acceptors (Lipinski definition) is 6. The van der Waals surface area contributed by atoms with Crippen molar-refractivity contribution in [1.82, 2.24) is 0 Å². The van der Waals surface area contributed by atoms with E-state index in [1.165, 1.54) is 83.5 Å². The second-order valence-electron chi connectivity index (χ2n) is 12.6. The smallest absolute Gasteiger partial charge is 0.306 e. The summed E-state index contributed by atoms with van der Waals surface area (Å²) in [7, 11) is 0. The first-order valence-electron chi connectivity index (χ1n) is 18.0. The van der Waals surface area contributed by atoms with Crippen LogP contribution in [0.15, 0.2) is 36.5 Å². The Morgan fingerprint density at radius 3 is 1.95 bits per heavy atom. The van der Waals surface area contributed by atoms with E-state index in [-0.39, 0.29) is 25.6 Å². The first-order chi connectivity index (χ1) is 21.4. The van der Waals surface area contributed by atoms with E-state index in [0.717, 1.165) is 38.0 Å². The Balaban J connectivity index is 3.79. The van der Waals surface area contributed by atoms with Crippen LogP contribution in [0.1, 0.15) is 162 Å². The molecule has 6 heteroatoms. The van der Waals surface area contributed by atoms with Gasteiger partial charge in [-0.1, -0.05) is 147 Å². The number of rotatable bonds is 31. The molecule has 0 aliphatic carbocycles. The summed E-state index contributed by atoms with van der Waals surface area (Å²) in [5.41, 5.74) is 0. The number of carbonyl (C=O) groups excluding carboxylic acids is 2. The molecule has 2 atom stereocenters. The summed E-state index contributed by atoms with van der Waals surface area (Å²) in [6.07, 6.45) is 33.8. The van der Waals surface area contributed by atoms with Gasteiger partial charge in [0.05, 0.1) is 12.7 Å². The van der Waals surface area contributed by atoms with Crippen molar-refractivity contribution in [3.05, 3.63) is 36.5 Å². The molecule has 44 heavy (non-hydrogen) atoms. The highest BCUT2D eigenvalue weighted by Gasteiger charge is 2.16. The Bertz CT molecular complexity index is 742. The lowest BCUT2D eigenvalue weighted by Crippen LogP contribution is -2.28. The lowest BCUT2D eigenvalue weighted by molar-refractivity contribution is -0.161.